The van der Waals surface area contributed by atoms with Crippen LogP contribution in [0.2, 0.25) is 0 Å². The number of rotatable bonds is 7. The molecule has 0 saturated carbocycles. The molecule has 37 heavy (non-hydrogen) atoms. The molecule has 200 valence electrons. The fraction of sp³-hybridized carbons (Fsp3) is 0.462. The number of hydrazone groups is 1. The van der Waals surface area contributed by atoms with E-state index in [1.807, 2.05) is 4.90 Å². The van der Waals surface area contributed by atoms with E-state index in [-0.39, 0.29) is 11.9 Å². The van der Waals surface area contributed by atoms with Gasteiger partial charge in [0, 0.05) is 37.9 Å². The summed E-state index contributed by atoms with van der Waals surface area (Å²) in [5, 5.41) is 23.9. The second kappa shape index (κ2) is 10.5. The Hall–Kier alpha value is -3.50. The van der Waals surface area contributed by atoms with Crippen LogP contribution < -0.4 is 9.64 Å². The van der Waals surface area contributed by atoms with Crippen LogP contribution in [0.25, 0.3) is 0 Å². The van der Waals surface area contributed by atoms with E-state index in [4.69, 9.17) is 4.74 Å². The highest BCUT2D eigenvalue weighted by Crippen LogP contribution is 2.38. The molecule has 3 atom stereocenters. The topological polar surface area (TPSA) is 85.6 Å². The molecule has 0 aromatic heterocycles. The van der Waals surface area contributed by atoms with Crippen molar-refractivity contribution in [2.45, 2.75) is 57.5 Å². The summed E-state index contributed by atoms with van der Waals surface area (Å²) in [6.45, 7) is 4.15. The molecule has 0 bridgehead atoms. The number of carboxylic acids is 1. The van der Waals surface area contributed by atoms with E-state index >= 15 is 0 Å². The van der Waals surface area contributed by atoms with Gasteiger partial charge >= 0.3 is 12.1 Å². The molecular formula is C26H29F4N3O4. The predicted octanol–water partition coefficient (Wildman–Crippen LogP) is 5.35. The van der Waals surface area contributed by atoms with Crippen LogP contribution in [-0.4, -0.2) is 58.3 Å². The Morgan fingerprint density at radius 3 is 2.41 bits per heavy atom. The quantitative estimate of drug-likeness (QED) is 0.476. The molecule has 7 nitrogen and oxygen atoms in total. The van der Waals surface area contributed by atoms with Crippen molar-refractivity contribution in [1.29, 1.82) is 0 Å². The van der Waals surface area contributed by atoms with Gasteiger partial charge in [-0.1, -0.05) is 19.1 Å². The number of ether oxygens (including phenoxy) is 1. The molecule has 1 unspecified atom stereocenters. The summed E-state index contributed by atoms with van der Waals surface area (Å²) < 4.78 is 60.5. The molecule has 11 heteroatoms. The number of carboxylic acid groups (broad SMARTS) is 1. The van der Waals surface area contributed by atoms with Crippen molar-refractivity contribution in [3.05, 3.63) is 53.8 Å². The molecule has 1 fully saturated rings. The minimum absolute atomic E-state index is 0.00193. The SMILES string of the molecule is CC(c1ccc(OC2CCN(c3cc(O)ccc3F)CC2)cc1)N1N=C(C(F)(F)F)[C@@H](C)[C@@H]1CC(=O)O. The van der Waals surface area contributed by atoms with E-state index < -0.39 is 48.1 Å². The predicted molar refractivity (Wildman–Crippen MR) is 129 cm³/mol. The largest absolute Gasteiger partial charge is 0.508 e. The molecule has 2 aliphatic rings. The maximum atomic E-state index is 14.1. The van der Waals surface area contributed by atoms with Gasteiger partial charge in [-0.2, -0.15) is 18.3 Å². The normalized spacial score (nSPS) is 21.6. The van der Waals surface area contributed by atoms with Crippen LogP contribution in [0.1, 0.15) is 44.7 Å². The smallest absolute Gasteiger partial charge is 0.431 e. The Bertz CT molecular complexity index is 1150. The van der Waals surface area contributed by atoms with Gasteiger partial charge in [0.25, 0.3) is 0 Å². The van der Waals surface area contributed by atoms with Gasteiger partial charge in [0.05, 0.1) is 24.2 Å². The highest BCUT2D eigenvalue weighted by atomic mass is 19.4. The number of piperidine rings is 1. The number of hydrogen-bond acceptors (Lipinski definition) is 6. The molecule has 1 saturated heterocycles. The zero-order valence-corrected chi connectivity index (χ0v) is 20.5. The van der Waals surface area contributed by atoms with E-state index in [0.717, 1.165) is 0 Å². The van der Waals surface area contributed by atoms with Crippen molar-refractivity contribution in [2.75, 3.05) is 18.0 Å². The second-order valence-corrected chi connectivity index (χ2v) is 9.50. The zero-order chi connectivity index (χ0) is 26.9. The number of nitrogens with zero attached hydrogens (tertiary/aromatic N) is 3. The standard InChI is InChI=1S/C26H29F4N3O4/c1-15-22(14-24(35)36)33(31-25(15)26(28,29)30)16(2)17-3-6-19(7-4-17)37-20-9-11-32(12-10-20)23-13-18(34)5-8-21(23)27/h3-8,13,15-16,20,22,34H,9-12,14H2,1-2H3,(H,35,36)/t15-,16?,22-/m0/s1. The number of aromatic hydroxyl groups is 1. The third-order valence-electron chi connectivity index (χ3n) is 7.02. The summed E-state index contributed by atoms with van der Waals surface area (Å²) in [5.41, 5.74) is 0.0596. The molecule has 2 aromatic rings. The Morgan fingerprint density at radius 2 is 1.81 bits per heavy atom. The number of alkyl halides is 3. The van der Waals surface area contributed by atoms with Crippen molar-refractivity contribution in [3.8, 4) is 11.5 Å². The maximum absolute atomic E-state index is 14.1. The summed E-state index contributed by atoms with van der Waals surface area (Å²) in [4.78, 5) is 13.2. The zero-order valence-electron chi connectivity index (χ0n) is 20.5. The highest BCUT2D eigenvalue weighted by molar-refractivity contribution is 5.93. The first-order valence-corrected chi connectivity index (χ1v) is 12.1. The van der Waals surface area contributed by atoms with Gasteiger partial charge in [0.1, 0.15) is 29.1 Å². The van der Waals surface area contributed by atoms with Crippen molar-refractivity contribution in [2.24, 2.45) is 11.0 Å². The second-order valence-electron chi connectivity index (χ2n) is 9.50. The number of halogens is 4. The molecule has 2 aliphatic heterocycles. The highest BCUT2D eigenvalue weighted by Gasteiger charge is 2.49. The van der Waals surface area contributed by atoms with E-state index in [1.165, 1.54) is 30.1 Å². The molecule has 0 aliphatic carbocycles. The van der Waals surface area contributed by atoms with Crippen LogP contribution in [-0.2, 0) is 4.79 Å². The van der Waals surface area contributed by atoms with E-state index in [2.05, 4.69) is 5.10 Å². The molecule has 2 aromatic carbocycles. The summed E-state index contributed by atoms with van der Waals surface area (Å²) in [6.07, 6.45) is -3.90. The van der Waals surface area contributed by atoms with Crippen molar-refractivity contribution < 1.29 is 37.3 Å². The van der Waals surface area contributed by atoms with Crippen LogP contribution in [0, 0.1) is 11.7 Å². The summed E-state index contributed by atoms with van der Waals surface area (Å²) in [7, 11) is 0. The fourth-order valence-corrected chi connectivity index (χ4v) is 4.97. The lowest BCUT2D eigenvalue weighted by atomic mass is 9.93. The van der Waals surface area contributed by atoms with E-state index in [0.29, 0.717) is 42.9 Å². The summed E-state index contributed by atoms with van der Waals surface area (Å²) in [5.74, 6) is -2.06. The lowest BCUT2D eigenvalue weighted by Crippen LogP contribution is -2.38. The first-order valence-electron chi connectivity index (χ1n) is 12.1. The Labute approximate surface area is 211 Å². The average Bonchev–Trinajstić information content (AvgIpc) is 3.17. The lowest BCUT2D eigenvalue weighted by molar-refractivity contribution is -0.138. The number of aliphatic carboxylic acids is 1. The van der Waals surface area contributed by atoms with E-state index in [1.54, 1.807) is 31.2 Å². The van der Waals surface area contributed by atoms with Gasteiger partial charge in [-0.15, -0.1) is 0 Å². The van der Waals surface area contributed by atoms with Gasteiger partial charge in [0.15, 0.2) is 0 Å². The first-order chi connectivity index (χ1) is 17.4. The van der Waals surface area contributed by atoms with Gasteiger partial charge in [-0.25, -0.2) is 4.39 Å². The number of hydrogen-bond donors (Lipinski definition) is 2. The van der Waals surface area contributed by atoms with Crippen LogP contribution in [0.5, 0.6) is 11.5 Å². The maximum Gasteiger partial charge on any atom is 0.431 e. The number of benzene rings is 2. The number of carbonyl (C=O) groups is 1. The van der Waals surface area contributed by atoms with E-state index in [9.17, 15) is 32.6 Å². The van der Waals surface area contributed by atoms with Crippen molar-refractivity contribution >= 4 is 17.4 Å². The van der Waals surface area contributed by atoms with Gasteiger partial charge in [0.2, 0.25) is 0 Å². The molecule has 0 spiro atoms. The minimum Gasteiger partial charge on any atom is -0.508 e. The summed E-state index contributed by atoms with van der Waals surface area (Å²) >= 11 is 0. The van der Waals surface area contributed by atoms with Crippen LogP contribution in [0.3, 0.4) is 0 Å². The number of anilines is 1. The third-order valence-corrected chi connectivity index (χ3v) is 7.02. The average molecular weight is 524 g/mol. The number of phenolic OH excluding ortho intramolecular Hbond substituents is 1. The van der Waals surface area contributed by atoms with Crippen LogP contribution >= 0.6 is 0 Å². The van der Waals surface area contributed by atoms with Gasteiger partial charge < -0.3 is 19.8 Å². The fourth-order valence-electron chi connectivity index (χ4n) is 4.97. The van der Waals surface area contributed by atoms with Crippen molar-refractivity contribution in [3.63, 3.8) is 0 Å². The minimum atomic E-state index is -4.63. The lowest BCUT2D eigenvalue weighted by Gasteiger charge is -2.34. The Kier molecular flexibility index (Phi) is 7.52. The van der Waals surface area contributed by atoms with Gasteiger partial charge in [-0.3, -0.25) is 9.80 Å². The Morgan fingerprint density at radius 1 is 1.16 bits per heavy atom. The molecule has 0 amide bonds. The van der Waals surface area contributed by atoms with Crippen LogP contribution in [0.4, 0.5) is 23.2 Å². The molecular weight excluding hydrogens is 494 g/mol. The molecule has 2 N–H and O–H groups in total. The molecule has 4 rings (SSSR count). The third kappa shape index (κ3) is 5.91. The van der Waals surface area contributed by atoms with Gasteiger partial charge in [-0.05, 0) is 36.8 Å². The van der Waals surface area contributed by atoms with Crippen molar-refractivity contribution in [1.82, 2.24) is 5.01 Å². The Balaban J connectivity index is 1.40. The first kappa shape index (κ1) is 26.6. The number of phenols is 1. The summed E-state index contributed by atoms with van der Waals surface area (Å²) in [6, 6.07) is 9.38. The van der Waals surface area contributed by atoms with Crippen LogP contribution in [0.15, 0.2) is 47.6 Å². The monoisotopic (exact) mass is 523 g/mol. The molecule has 0 radical (unpaired) electrons. The molecule has 2 heterocycles.